The van der Waals surface area contributed by atoms with Gasteiger partial charge in [-0.3, -0.25) is 0 Å². The normalized spacial score (nSPS) is 20.1. The molecule has 0 aliphatic carbocycles. The molecule has 28 heavy (non-hydrogen) atoms. The number of pyridine rings is 1. The fourth-order valence-electron chi connectivity index (χ4n) is 3.84. The van der Waals surface area contributed by atoms with Gasteiger partial charge in [-0.25, -0.2) is 18.7 Å². The second-order valence-corrected chi connectivity index (χ2v) is 9.07. The molecular formula is C20H18F2N4S2. The summed E-state index contributed by atoms with van der Waals surface area (Å²) in [6.07, 6.45) is 3.42. The number of halogens is 2. The van der Waals surface area contributed by atoms with Gasteiger partial charge in [-0.05, 0) is 44.5 Å². The van der Waals surface area contributed by atoms with Crippen LogP contribution in [0.15, 0.2) is 29.9 Å². The Morgan fingerprint density at radius 3 is 2.93 bits per heavy atom. The molecular weight excluding hydrogens is 398 g/mol. The number of benzene rings is 1. The molecule has 144 valence electrons. The number of nitrogens with one attached hydrogen (secondary N) is 2. The molecule has 0 amide bonds. The zero-order chi connectivity index (χ0) is 19.3. The van der Waals surface area contributed by atoms with Gasteiger partial charge >= 0.3 is 0 Å². The van der Waals surface area contributed by atoms with Crippen LogP contribution in [0.1, 0.15) is 30.6 Å². The summed E-state index contributed by atoms with van der Waals surface area (Å²) < 4.78 is 29.9. The number of aromatic nitrogens is 2. The van der Waals surface area contributed by atoms with Gasteiger partial charge in [0.05, 0.1) is 33.3 Å². The molecule has 2 N–H and O–H groups in total. The van der Waals surface area contributed by atoms with Crippen LogP contribution in [-0.4, -0.2) is 22.6 Å². The number of fused-ring (bicyclic) bond motifs is 2. The van der Waals surface area contributed by atoms with E-state index < -0.39 is 11.6 Å². The highest BCUT2D eigenvalue weighted by atomic mass is 32.1. The van der Waals surface area contributed by atoms with Crippen molar-refractivity contribution in [2.75, 3.05) is 11.9 Å². The predicted molar refractivity (Wildman–Crippen MR) is 112 cm³/mol. The molecule has 0 spiro atoms. The Balaban J connectivity index is 1.58. The quantitative estimate of drug-likeness (QED) is 0.444. The zero-order valence-corrected chi connectivity index (χ0v) is 16.8. The molecule has 1 aromatic carbocycles. The van der Waals surface area contributed by atoms with E-state index in [0.29, 0.717) is 22.9 Å². The maximum absolute atomic E-state index is 14.7. The van der Waals surface area contributed by atoms with Crippen LogP contribution in [0.2, 0.25) is 0 Å². The molecule has 1 aliphatic rings. The van der Waals surface area contributed by atoms with Crippen molar-refractivity contribution < 1.29 is 8.78 Å². The van der Waals surface area contributed by atoms with Crippen LogP contribution in [0.5, 0.6) is 0 Å². The SMILES string of the molecule is CC1NCCCC1c1cc2c(Nc3cc4ncsc4cc3F)c(F)cnc2s1. The highest BCUT2D eigenvalue weighted by Gasteiger charge is 2.25. The van der Waals surface area contributed by atoms with Crippen molar-refractivity contribution in [1.29, 1.82) is 0 Å². The number of piperidine rings is 1. The molecule has 4 heterocycles. The Morgan fingerprint density at radius 1 is 1.18 bits per heavy atom. The van der Waals surface area contributed by atoms with Gasteiger partial charge < -0.3 is 10.6 Å². The summed E-state index contributed by atoms with van der Waals surface area (Å²) in [6.45, 7) is 3.21. The summed E-state index contributed by atoms with van der Waals surface area (Å²) in [5.41, 5.74) is 2.83. The van der Waals surface area contributed by atoms with Crippen LogP contribution in [-0.2, 0) is 0 Å². The average Bonchev–Trinajstić information content (AvgIpc) is 3.31. The average molecular weight is 417 g/mol. The van der Waals surface area contributed by atoms with Gasteiger partial charge in [-0.1, -0.05) is 0 Å². The Hall–Kier alpha value is -2.16. The van der Waals surface area contributed by atoms with Crippen molar-refractivity contribution in [3.63, 3.8) is 0 Å². The maximum atomic E-state index is 14.7. The summed E-state index contributed by atoms with van der Waals surface area (Å²) >= 11 is 2.96. The van der Waals surface area contributed by atoms with Gasteiger partial charge in [0.15, 0.2) is 5.82 Å². The second kappa shape index (κ2) is 7.02. The first-order valence-electron chi connectivity index (χ1n) is 9.21. The summed E-state index contributed by atoms with van der Waals surface area (Å²) in [5, 5.41) is 7.15. The Morgan fingerprint density at radius 2 is 2.07 bits per heavy atom. The van der Waals surface area contributed by atoms with Crippen molar-refractivity contribution in [3.05, 3.63) is 46.4 Å². The van der Waals surface area contributed by atoms with Crippen LogP contribution >= 0.6 is 22.7 Å². The van der Waals surface area contributed by atoms with Crippen molar-refractivity contribution in [2.24, 2.45) is 0 Å². The minimum atomic E-state index is -0.496. The Kier molecular flexibility index (Phi) is 4.49. The molecule has 5 rings (SSSR count). The molecule has 2 atom stereocenters. The molecule has 0 bridgehead atoms. The van der Waals surface area contributed by atoms with Crippen LogP contribution in [0, 0.1) is 11.6 Å². The van der Waals surface area contributed by atoms with E-state index in [1.807, 2.05) is 6.07 Å². The molecule has 1 saturated heterocycles. The molecule has 0 saturated carbocycles. The standard InChI is InChI=1S/C20H18F2N4S2/c1-10-11(3-2-4-23-10)17-5-12-19(14(22)8-24-20(12)28-17)26-15-7-16-18(6-13(15)21)27-9-25-16/h5-11,23H,2-4H2,1H3,(H,24,26). The fourth-order valence-corrected chi connectivity index (χ4v) is 5.77. The van der Waals surface area contributed by atoms with E-state index in [-0.39, 0.29) is 11.4 Å². The minimum absolute atomic E-state index is 0.213. The lowest BCUT2D eigenvalue weighted by molar-refractivity contribution is 0.375. The molecule has 1 fully saturated rings. The lowest BCUT2D eigenvalue weighted by Crippen LogP contribution is -2.37. The summed E-state index contributed by atoms with van der Waals surface area (Å²) in [4.78, 5) is 10.4. The first-order valence-corrected chi connectivity index (χ1v) is 10.9. The maximum Gasteiger partial charge on any atom is 0.165 e. The van der Waals surface area contributed by atoms with Crippen LogP contribution in [0.4, 0.5) is 20.2 Å². The third-order valence-electron chi connectivity index (χ3n) is 5.34. The lowest BCUT2D eigenvalue weighted by Gasteiger charge is -2.29. The van der Waals surface area contributed by atoms with E-state index in [0.717, 1.165) is 28.9 Å². The third kappa shape index (κ3) is 3.05. The monoisotopic (exact) mass is 416 g/mol. The second-order valence-electron chi connectivity index (χ2n) is 7.12. The van der Waals surface area contributed by atoms with Gasteiger partial charge in [0, 0.05) is 22.2 Å². The summed E-state index contributed by atoms with van der Waals surface area (Å²) in [6, 6.07) is 5.42. The Bertz CT molecular complexity index is 1170. The number of anilines is 2. The van der Waals surface area contributed by atoms with Crippen LogP contribution < -0.4 is 10.6 Å². The summed E-state index contributed by atoms with van der Waals surface area (Å²) in [7, 11) is 0. The summed E-state index contributed by atoms with van der Waals surface area (Å²) in [5.74, 6) is -0.543. The number of hydrogen-bond acceptors (Lipinski definition) is 6. The number of rotatable bonds is 3. The van der Waals surface area contributed by atoms with E-state index in [2.05, 4.69) is 27.5 Å². The number of nitrogens with zero attached hydrogens (tertiary/aromatic N) is 2. The van der Waals surface area contributed by atoms with Gasteiger partial charge in [0.25, 0.3) is 0 Å². The van der Waals surface area contributed by atoms with E-state index in [1.165, 1.54) is 28.5 Å². The van der Waals surface area contributed by atoms with Crippen molar-refractivity contribution in [2.45, 2.75) is 31.7 Å². The molecule has 1 aliphatic heterocycles. The van der Waals surface area contributed by atoms with Gasteiger partial charge in [0.1, 0.15) is 10.6 Å². The molecule has 0 radical (unpaired) electrons. The lowest BCUT2D eigenvalue weighted by atomic mass is 9.90. The molecule has 8 heteroatoms. The van der Waals surface area contributed by atoms with Gasteiger partial charge in [-0.15, -0.1) is 22.7 Å². The molecule has 4 aromatic rings. The topological polar surface area (TPSA) is 49.8 Å². The van der Waals surface area contributed by atoms with Crippen molar-refractivity contribution in [3.8, 4) is 0 Å². The van der Waals surface area contributed by atoms with E-state index in [9.17, 15) is 8.78 Å². The van der Waals surface area contributed by atoms with E-state index in [1.54, 1.807) is 22.9 Å². The third-order valence-corrected chi connectivity index (χ3v) is 7.31. The molecule has 4 nitrogen and oxygen atoms in total. The molecule has 2 unspecified atom stereocenters. The molecule has 3 aromatic heterocycles. The number of thiophene rings is 1. The fraction of sp³-hybridized carbons (Fsp3) is 0.300. The number of thiazole rings is 1. The Labute approximate surface area is 168 Å². The van der Waals surface area contributed by atoms with Crippen LogP contribution in [0.3, 0.4) is 0 Å². The highest BCUT2D eigenvalue weighted by molar-refractivity contribution is 7.18. The smallest absolute Gasteiger partial charge is 0.165 e. The zero-order valence-electron chi connectivity index (χ0n) is 15.1. The van der Waals surface area contributed by atoms with Crippen molar-refractivity contribution >= 4 is 54.5 Å². The van der Waals surface area contributed by atoms with Crippen LogP contribution in [0.25, 0.3) is 20.4 Å². The largest absolute Gasteiger partial charge is 0.350 e. The first-order chi connectivity index (χ1) is 13.6. The van der Waals surface area contributed by atoms with Gasteiger partial charge in [0.2, 0.25) is 0 Å². The van der Waals surface area contributed by atoms with E-state index in [4.69, 9.17) is 0 Å². The van der Waals surface area contributed by atoms with E-state index >= 15 is 0 Å². The highest BCUT2D eigenvalue weighted by Crippen LogP contribution is 2.40. The van der Waals surface area contributed by atoms with Gasteiger partial charge in [-0.2, -0.15) is 0 Å². The minimum Gasteiger partial charge on any atom is -0.350 e. The number of hydrogen-bond donors (Lipinski definition) is 2. The van der Waals surface area contributed by atoms with Crippen molar-refractivity contribution in [1.82, 2.24) is 15.3 Å². The first kappa shape index (κ1) is 17.9. The predicted octanol–water partition coefficient (Wildman–Crippen LogP) is 5.78.